The van der Waals surface area contributed by atoms with Gasteiger partial charge in [-0.05, 0) is 51.3 Å². The number of benzene rings is 1. The Morgan fingerprint density at radius 2 is 1.88 bits per heavy atom. The lowest BCUT2D eigenvalue weighted by Crippen LogP contribution is -2.45. The molecule has 4 heteroatoms. The molecule has 0 saturated carbocycles. The van der Waals surface area contributed by atoms with Crippen LogP contribution in [0.2, 0.25) is 0 Å². The predicted molar refractivity (Wildman–Crippen MR) is 97.2 cm³/mol. The van der Waals surface area contributed by atoms with E-state index in [9.17, 15) is 9.59 Å². The van der Waals surface area contributed by atoms with Crippen LogP contribution in [0.25, 0.3) is 0 Å². The molecule has 1 amide bonds. The van der Waals surface area contributed by atoms with Crippen LogP contribution in [-0.2, 0) is 4.79 Å². The first-order valence-corrected chi connectivity index (χ1v) is 9.07. The van der Waals surface area contributed by atoms with Crippen molar-refractivity contribution in [2.45, 2.75) is 52.5 Å². The lowest BCUT2D eigenvalue weighted by Gasteiger charge is -2.35. The van der Waals surface area contributed by atoms with Crippen LogP contribution in [0.4, 0.5) is 0 Å². The maximum atomic E-state index is 12.2. The lowest BCUT2D eigenvalue weighted by molar-refractivity contribution is -0.121. The highest BCUT2D eigenvalue weighted by Crippen LogP contribution is 2.17. The van der Waals surface area contributed by atoms with Crippen molar-refractivity contribution in [3.8, 4) is 0 Å². The summed E-state index contributed by atoms with van der Waals surface area (Å²) in [6, 6.07) is 7.89. The van der Waals surface area contributed by atoms with Crippen molar-refractivity contribution in [2.75, 3.05) is 19.6 Å². The van der Waals surface area contributed by atoms with Crippen molar-refractivity contribution in [1.29, 1.82) is 0 Å². The highest BCUT2D eigenvalue weighted by atomic mass is 16.2. The summed E-state index contributed by atoms with van der Waals surface area (Å²) < 4.78 is 0. The smallest absolute Gasteiger partial charge is 0.220 e. The van der Waals surface area contributed by atoms with Gasteiger partial charge in [-0.3, -0.25) is 14.5 Å². The van der Waals surface area contributed by atoms with Crippen molar-refractivity contribution in [1.82, 2.24) is 10.2 Å². The second kappa shape index (κ2) is 8.97. The molecule has 1 aromatic rings. The Balaban J connectivity index is 1.70. The highest BCUT2D eigenvalue weighted by molar-refractivity contribution is 5.99. The molecule has 0 spiro atoms. The van der Waals surface area contributed by atoms with E-state index < -0.39 is 0 Å². The number of carbonyl (C=O) groups is 2. The lowest BCUT2D eigenvalue weighted by atomic mass is 9.98. The van der Waals surface area contributed by atoms with Crippen LogP contribution >= 0.6 is 0 Å². The van der Waals surface area contributed by atoms with E-state index in [1.165, 1.54) is 12.8 Å². The molecule has 1 atom stereocenters. The number of ketones is 1. The van der Waals surface area contributed by atoms with Gasteiger partial charge in [0.2, 0.25) is 5.91 Å². The SMILES string of the molecule is Cc1ccccc1C(=O)CCC(=O)NCC(C)N1CCC(C)CC1. The number of hydrogen-bond donors (Lipinski definition) is 1. The Kier molecular flexibility index (Phi) is 6.98. The Bertz CT molecular complexity index is 563. The molecule has 1 heterocycles. The molecule has 1 fully saturated rings. The molecule has 132 valence electrons. The summed E-state index contributed by atoms with van der Waals surface area (Å²) in [5.41, 5.74) is 1.69. The standard InChI is InChI=1S/C20H30N2O2/c1-15-10-12-22(13-11-15)17(3)14-21-20(24)9-8-19(23)18-7-5-4-6-16(18)2/h4-7,15,17H,8-14H2,1-3H3,(H,21,24). The highest BCUT2D eigenvalue weighted by Gasteiger charge is 2.20. The molecule has 0 bridgehead atoms. The number of nitrogens with one attached hydrogen (secondary N) is 1. The Hall–Kier alpha value is -1.68. The van der Waals surface area contributed by atoms with Gasteiger partial charge in [0.25, 0.3) is 0 Å². The van der Waals surface area contributed by atoms with Crippen molar-refractivity contribution in [3.05, 3.63) is 35.4 Å². The van der Waals surface area contributed by atoms with Crippen LogP contribution < -0.4 is 5.32 Å². The number of amides is 1. The summed E-state index contributed by atoms with van der Waals surface area (Å²) in [5, 5.41) is 2.98. The molecule has 1 aromatic carbocycles. The van der Waals surface area contributed by atoms with Gasteiger partial charge in [0.1, 0.15) is 0 Å². The fourth-order valence-corrected chi connectivity index (χ4v) is 3.20. The molecule has 1 saturated heterocycles. The Morgan fingerprint density at radius 3 is 2.54 bits per heavy atom. The summed E-state index contributed by atoms with van der Waals surface area (Å²) >= 11 is 0. The Morgan fingerprint density at radius 1 is 1.21 bits per heavy atom. The predicted octanol–water partition coefficient (Wildman–Crippen LogP) is 3.19. The third kappa shape index (κ3) is 5.45. The molecule has 1 aliphatic heterocycles. The normalized spacial score (nSPS) is 17.5. The summed E-state index contributed by atoms with van der Waals surface area (Å²) in [4.78, 5) is 26.7. The first kappa shape index (κ1) is 18.7. The van der Waals surface area contributed by atoms with Gasteiger partial charge in [0.05, 0.1) is 0 Å². The van der Waals surface area contributed by atoms with Gasteiger partial charge in [-0.15, -0.1) is 0 Å². The average molecular weight is 330 g/mol. The second-order valence-electron chi connectivity index (χ2n) is 7.11. The summed E-state index contributed by atoms with van der Waals surface area (Å²) in [5.74, 6) is 0.825. The number of Topliss-reactive ketones (excluding diaryl/α,β-unsaturated/α-hetero) is 1. The van der Waals surface area contributed by atoms with Crippen LogP contribution in [0, 0.1) is 12.8 Å². The fraction of sp³-hybridized carbons (Fsp3) is 0.600. The quantitative estimate of drug-likeness (QED) is 0.781. The van der Waals surface area contributed by atoms with E-state index in [1.54, 1.807) is 0 Å². The van der Waals surface area contributed by atoms with E-state index in [-0.39, 0.29) is 24.5 Å². The average Bonchev–Trinajstić information content (AvgIpc) is 2.58. The molecule has 1 unspecified atom stereocenters. The van der Waals surface area contributed by atoms with Crippen LogP contribution in [0.1, 0.15) is 55.5 Å². The van der Waals surface area contributed by atoms with Gasteiger partial charge >= 0.3 is 0 Å². The van der Waals surface area contributed by atoms with Gasteiger partial charge in [0, 0.05) is 31.0 Å². The number of nitrogens with zero attached hydrogens (tertiary/aromatic N) is 1. The van der Waals surface area contributed by atoms with Crippen LogP contribution in [0.15, 0.2) is 24.3 Å². The molecule has 1 aliphatic rings. The second-order valence-corrected chi connectivity index (χ2v) is 7.11. The molecular formula is C20H30N2O2. The van der Waals surface area contributed by atoms with Crippen LogP contribution in [0.3, 0.4) is 0 Å². The molecule has 1 N–H and O–H groups in total. The number of rotatable bonds is 7. The molecule has 0 radical (unpaired) electrons. The van der Waals surface area contributed by atoms with Gasteiger partial charge in [-0.1, -0.05) is 31.2 Å². The molecule has 2 rings (SSSR count). The zero-order valence-electron chi connectivity index (χ0n) is 15.2. The number of piperidine rings is 1. The van der Waals surface area contributed by atoms with Crippen molar-refractivity contribution in [3.63, 3.8) is 0 Å². The topological polar surface area (TPSA) is 49.4 Å². The monoisotopic (exact) mass is 330 g/mol. The van der Waals surface area contributed by atoms with E-state index >= 15 is 0 Å². The van der Waals surface area contributed by atoms with Gasteiger partial charge in [0.15, 0.2) is 5.78 Å². The van der Waals surface area contributed by atoms with E-state index in [4.69, 9.17) is 0 Å². The third-order valence-corrected chi connectivity index (χ3v) is 5.06. The largest absolute Gasteiger partial charge is 0.355 e. The maximum Gasteiger partial charge on any atom is 0.220 e. The minimum atomic E-state index is -0.0332. The van der Waals surface area contributed by atoms with Crippen molar-refractivity contribution < 1.29 is 9.59 Å². The molecule has 0 aromatic heterocycles. The number of likely N-dealkylation sites (tertiary alicyclic amines) is 1. The van der Waals surface area contributed by atoms with Gasteiger partial charge in [-0.25, -0.2) is 0 Å². The van der Waals surface area contributed by atoms with E-state index in [1.807, 2.05) is 31.2 Å². The van der Waals surface area contributed by atoms with E-state index in [0.29, 0.717) is 12.6 Å². The minimum absolute atomic E-state index is 0.0332. The zero-order valence-corrected chi connectivity index (χ0v) is 15.2. The van der Waals surface area contributed by atoms with Crippen LogP contribution in [0.5, 0.6) is 0 Å². The third-order valence-electron chi connectivity index (χ3n) is 5.06. The summed E-state index contributed by atoms with van der Waals surface area (Å²) in [6.07, 6.45) is 3.01. The Labute approximate surface area is 145 Å². The zero-order chi connectivity index (χ0) is 17.5. The van der Waals surface area contributed by atoms with E-state index in [2.05, 4.69) is 24.1 Å². The number of aryl methyl sites for hydroxylation is 1. The van der Waals surface area contributed by atoms with Crippen molar-refractivity contribution in [2.24, 2.45) is 5.92 Å². The number of carbonyl (C=O) groups excluding carboxylic acids is 2. The first-order valence-electron chi connectivity index (χ1n) is 9.07. The number of hydrogen-bond acceptors (Lipinski definition) is 3. The summed E-state index contributed by atoms with van der Waals surface area (Å²) in [6.45, 7) is 9.28. The van der Waals surface area contributed by atoms with Crippen LogP contribution in [-0.4, -0.2) is 42.3 Å². The van der Waals surface area contributed by atoms with E-state index in [0.717, 1.165) is 30.1 Å². The van der Waals surface area contributed by atoms with Gasteiger partial charge < -0.3 is 5.32 Å². The summed E-state index contributed by atoms with van der Waals surface area (Å²) in [7, 11) is 0. The molecule has 0 aliphatic carbocycles. The molecule has 24 heavy (non-hydrogen) atoms. The fourth-order valence-electron chi connectivity index (χ4n) is 3.20. The first-order chi connectivity index (χ1) is 11.5. The van der Waals surface area contributed by atoms with Crippen molar-refractivity contribution >= 4 is 11.7 Å². The van der Waals surface area contributed by atoms with Gasteiger partial charge in [-0.2, -0.15) is 0 Å². The molecular weight excluding hydrogens is 300 g/mol. The maximum absolute atomic E-state index is 12.2. The molecule has 4 nitrogen and oxygen atoms in total. The minimum Gasteiger partial charge on any atom is -0.355 e.